The molecule has 0 amide bonds. The van der Waals surface area contributed by atoms with Gasteiger partial charge in [0, 0.05) is 24.7 Å². The fourth-order valence-electron chi connectivity index (χ4n) is 2.96. The number of rotatable bonds is 6. The molecule has 0 aromatic carbocycles. The zero-order valence-electron chi connectivity index (χ0n) is 11.6. The summed E-state index contributed by atoms with van der Waals surface area (Å²) in [5.74, 6) is 0. The van der Waals surface area contributed by atoms with E-state index in [-0.39, 0.29) is 0 Å². The van der Waals surface area contributed by atoms with Crippen molar-refractivity contribution in [1.29, 1.82) is 0 Å². The summed E-state index contributed by atoms with van der Waals surface area (Å²) in [6, 6.07) is 2.27. The Hall–Kier alpha value is -0.0800. The maximum absolute atomic E-state index is 3.42. The SMILES string of the molecule is CCCCCC(C)N1CCC(NC)CC1C. The van der Waals surface area contributed by atoms with Crippen LogP contribution >= 0.6 is 0 Å². The van der Waals surface area contributed by atoms with Gasteiger partial charge in [0.2, 0.25) is 0 Å². The van der Waals surface area contributed by atoms with Crippen molar-refractivity contribution < 1.29 is 0 Å². The van der Waals surface area contributed by atoms with Crippen molar-refractivity contribution in [3.05, 3.63) is 0 Å². The van der Waals surface area contributed by atoms with E-state index in [1.165, 1.54) is 45.1 Å². The molecule has 1 rings (SSSR count). The summed E-state index contributed by atoms with van der Waals surface area (Å²) in [6.45, 7) is 8.36. The van der Waals surface area contributed by atoms with Gasteiger partial charge in [-0.3, -0.25) is 4.90 Å². The van der Waals surface area contributed by atoms with Gasteiger partial charge in [0.15, 0.2) is 0 Å². The Morgan fingerprint density at radius 3 is 2.69 bits per heavy atom. The highest BCUT2D eigenvalue weighted by molar-refractivity contribution is 4.84. The quantitative estimate of drug-likeness (QED) is 0.700. The van der Waals surface area contributed by atoms with Crippen LogP contribution < -0.4 is 5.32 Å². The summed E-state index contributed by atoms with van der Waals surface area (Å²) in [5, 5.41) is 3.42. The summed E-state index contributed by atoms with van der Waals surface area (Å²) in [7, 11) is 2.09. The molecule has 1 saturated heterocycles. The van der Waals surface area contributed by atoms with Gasteiger partial charge in [0.1, 0.15) is 0 Å². The van der Waals surface area contributed by atoms with Gasteiger partial charge in [-0.05, 0) is 40.2 Å². The van der Waals surface area contributed by atoms with E-state index >= 15 is 0 Å². The summed E-state index contributed by atoms with van der Waals surface area (Å²) in [5.41, 5.74) is 0. The van der Waals surface area contributed by atoms with Crippen molar-refractivity contribution in [2.24, 2.45) is 0 Å². The van der Waals surface area contributed by atoms with Crippen molar-refractivity contribution in [2.45, 2.75) is 77.4 Å². The number of likely N-dealkylation sites (tertiary alicyclic amines) is 1. The van der Waals surface area contributed by atoms with Crippen LogP contribution in [0.1, 0.15) is 59.3 Å². The lowest BCUT2D eigenvalue weighted by atomic mass is 9.95. The Labute approximate surface area is 102 Å². The number of nitrogens with zero attached hydrogens (tertiary/aromatic N) is 1. The third kappa shape index (κ3) is 4.06. The third-order valence-electron chi connectivity index (χ3n) is 4.13. The number of piperidine rings is 1. The molecule has 1 aliphatic heterocycles. The summed E-state index contributed by atoms with van der Waals surface area (Å²) in [6.07, 6.45) is 8.14. The zero-order chi connectivity index (χ0) is 12.0. The summed E-state index contributed by atoms with van der Waals surface area (Å²) < 4.78 is 0. The normalized spacial score (nSPS) is 29.2. The van der Waals surface area contributed by atoms with Crippen molar-refractivity contribution in [2.75, 3.05) is 13.6 Å². The van der Waals surface area contributed by atoms with E-state index in [9.17, 15) is 0 Å². The molecule has 0 aliphatic carbocycles. The summed E-state index contributed by atoms with van der Waals surface area (Å²) >= 11 is 0. The van der Waals surface area contributed by atoms with Crippen LogP contribution in [0.25, 0.3) is 0 Å². The van der Waals surface area contributed by atoms with E-state index in [4.69, 9.17) is 0 Å². The Morgan fingerprint density at radius 1 is 1.38 bits per heavy atom. The van der Waals surface area contributed by atoms with E-state index in [1.807, 2.05) is 0 Å². The average molecular weight is 226 g/mol. The molecule has 2 heteroatoms. The molecule has 3 unspecified atom stereocenters. The third-order valence-corrected chi connectivity index (χ3v) is 4.13. The molecule has 1 aliphatic rings. The number of nitrogens with one attached hydrogen (secondary N) is 1. The number of hydrogen-bond donors (Lipinski definition) is 1. The van der Waals surface area contributed by atoms with Crippen LogP contribution in [-0.2, 0) is 0 Å². The van der Waals surface area contributed by atoms with E-state index in [0.29, 0.717) is 0 Å². The first-order valence-corrected chi connectivity index (χ1v) is 7.12. The lowest BCUT2D eigenvalue weighted by Crippen LogP contribution is -2.50. The molecule has 0 spiro atoms. The first kappa shape index (κ1) is 14.0. The highest BCUT2D eigenvalue weighted by atomic mass is 15.2. The Balaban J connectivity index is 2.30. The molecule has 0 aromatic heterocycles. The fraction of sp³-hybridized carbons (Fsp3) is 1.00. The average Bonchev–Trinajstić information content (AvgIpc) is 2.29. The minimum Gasteiger partial charge on any atom is -0.317 e. The van der Waals surface area contributed by atoms with Crippen LogP contribution in [-0.4, -0.2) is 36.6 Å². The number of hydrogen-bond acceptors (Lipinski definition) is 2. The molecular formula is C14H30N2. The summed E-state index contributed by atoms with van der Waals surface area (Å²) in [4.78, 5) is 2.71. The molecule has 1 heterocycles. The topological polar surface area (TPSA) is 15.3 Å². The molecule has 1 N–H and O–H groups in total. The van der Waals surface area contributed by atoms with Crippen molar-refractivity contribution >= 4 is 0 Å². The van der Waals surface area contributed by atoms with Crippen LogP contribution in [0.5, 0.6) is 0 Å². The van der Waals surface area contributed by atoms with Gasteiger partial charge in [-0.1, -0.05) is 26.2 Å². The minimum absolute atomic E-state index is 0.745. The molecule has 0 aromatic rings. The van der Waals surface area contributed by atoms with Crippen molar-refractivity contribution in [3.63, 3.8) is 0 Å². The second-order valence-corrected chi connectivity index (χ2v) is 5.44. The Morgan fingerprint density at radius 2 is 2.12 bits per heavy atom. The highest BCUT2D eigenvalue weighted by Crippen LogP contribution is 2.22. The lowest BCUT2D eigenvalue weighted by Gasteiger charge is -2.41. The highest BCUT2D eigenvalue weighted by Gasteiger charge is 2.27. The molecule has 0 saturated carbocycles. The first-order valence-electron chi connectivity index (χ1n) is 7.12. The van der Waals surface area contributed by atoms with Crippen molar-refractivity contribution in [1.82, 2.24) is 10.2 Å². The van der Waals surface area contributed by atoms with Crippen LogP contribution in [0.2, 0.25) is 0 Å². The first-order chi connectivity index (χ1) is 7.69. The minimum atomic E-state index is 0.745. The molecule has 2 nitrogen and oxygen atoms in total. The Kier molecular flexibility index (Phi) is 6.37. The molecule has 0 radical (unpaired) electrons. The van der Waals surface area contributed by atoms with Gasteiger partial charge in [0.05, 0.1) is 0 Å². The van der Waals surface area contributed by atoms with E-state index < -0.39 is 0 Å². The second kappa shape index (κ2) is 7.29. The molecule has 1 fully saturated rings. The standard InChI is InChI=1S/C14H30N2/c1-5-6-7-8-12(2)16-10-9-14(15-4)11-13(16)3/h12-15H,5-11H2,1-4H3. The largest absolute Gasteiger partial charge is 0.317 e. The predicted molar refractivity (Wildman–Crippen MR) is 71.9 cm³/mol. The molecule has 0 bridgehead atoms. The Bertz CT molecular complexity index is 182. The van der Waals surface area contributed by atoms with Gasteiger partial charge in [-0.15, -0.1) is 0 Å². The lowest BCUT2D eigenvalue weighted by molar-refractivity contribution is 0.0918. The van der Waals surface area contributed by atoms with Crippen LogP contribution in [0.4, 0.5) is 0 Å². The van der Waals surface area contributed by atoms with E-state index in [2.05, 4.69) is 38.0 Å². The van der Waals surface area contributed by atoms with E-state index in [1.54, 1.807) is 0 Å². The molecule has 3 atom stereocenters. The molecule has 96 valence electrons. The predicted octanol–water partition coefficient (Wildman–Crippen LogP) is 3.03. The number of unbranched alkanes of at least 4 members (excludes halogenated alkanes) is 2. The van der Waals surface area contributed by atoms with Gasteiger partial charge in [-0.2, -0.15) is 0 Å². The smallest absolute Gasteiger partial charge is 0.00910 e. The van der Waals surface area contributed by atoms with Crippen LogP contribution in [0, 0.1) is 0 Å². The second-order valence-electron chi connectivity index (χ2n) is 5.44. The van der Waals surface area contributed by atoms with Crippen molar-refractivity contribution in [3.8, 4) is 0 Å². The fourth-order valence-corrected chi connectivity index (χ4v) is 2.96. The maximum atomic E-state index is 3.42. The van der Waals surface area contributed by atoms with Gasteiger partial charge in [-0.25, -0.2) is 0 Å². The van der Waals surface area contributed by atoms with Crippen LogP contribution in [0.3, 0.4) is 0 Å². The van der Waals surface area contributed by atoms with Crippen LogP contribution in [0.15, 0.2) is 0 Å². The molecular weight excluding hydrogens is 196 g/mol. The monoisotopic (exact) mass is 226 g/mol. The van der Waals surface area contributed by atoms with Gasteiger partial charge in [0.25, 0.3) is 0 Å². The maximum Gasteiger partial charge on any atom is 0.00910 e. The van der Waals surface area contributed by atoms with Gasteiger partial charge >= 0.3 is 0 Å². The van der Waals surface area contributed by atoms with Gasteiger partial charge < -0.3 is 5.32 Å². The van der Waals surface area contributed by atoms with E-state index in [0.717, 1.165) is 18.1 Å². The molecule has 16 heavy (non-hydrogen) atoms. The zero-order valence-corrected chi connectivity index (χ0v) is 11.6.